The number of Topliss-reactive ketones (excluding diaryl/α,β-unsaturated/α-hetero) is 1. The molecule has 0 fully saturated rings. The Morgan fingerprint density at radius 3 is 2.00 bits per heavy atom. The Bertz CT molecular complexity index is 852. The zero-order chi connectivity index (χ0) is 21.9. The Kier molecular flexibility index (Phi) is 8.75. The van der Waals surface area contributed by atoms with Crippen molar-refractivity contribution in [3.8, 4) is 0 Å². The third-order valence-electron chi connectivity index (χ3n) is 4.49. The van der Waals surface area contributed by atoms with Crippen molar-refractivity contribution in [2.24, 2.45) is 5.92 Å². The summed E-state index contributed by atoms with van der Waals surface area (Å²) in [5.74, 6) is -1.56. The molecule has 7 heteroatoms. The van der Waals surface area contributed by atoms with E-state index in [2.05, 4.69) is 10.6 Å². The minimum atomic E-state index is -1.01. The van der Waals surface area contributed by atoms with Crippen molar-refractivity contribution >= 4 is 24.1 Å². The Morgan fingerprint density at radius 1 is 0.900 bits per heavy atom. The lowest BCUT2D eigenvalue weighted by Gasteiger charge is -2.24. The number of hydrogen-bond acceptors (Lipinski definition) is 5. The average molecular weight is 410 g/mol. The molecule has 2 aromatic rings. The van der Waals surface area contributed by atoms with Crippen molar-refractivity contribution < 1.29 is 23.9 Å². The number of carbonyl (C=O) groups excluding carboxylic acids is 4. The Labute approximate surface area is 175 Å². The van der Waals surface area contributed by atoms with Gasteiger partial charge in [-0.05, 0) is 17.0 Å². The highest BCUT2D eigenvalue weighted by Crippen LogP contribution is 2.08. The molecule has 0 aliphatic carbocycles. The van der Waals surface area contributed by atoms with Crippen LogP contribution in [0.4, 0.5) is 4.79 Å². The number of alkyl carbamates (subject to hydrolysis) is 1. The second-order valence-corrected chi connectivity index (χ2v) is 7.20. The topological polar surface area (TPSA) is 102 Å². The van der Waals surface area contributed by atoms with Crippen molar-refractivity contribution in [3.63, 3.8) is 0 Å². The molecule has 2 atom stereocenters. The summed E-state index contributed by atoms with van der Waals surface area (Å²) >= 11 is 0. The summed E-state index contributed by atoms with van der Waals surface area (Å²) in [6, 6.07) is 16.3. The highest BCUT2D eigenvalue weighted by molar-refractivity contribution is 6.28. The van der Waals surface area contributed by atoms with Crippen LogP contribution in [0.1, 0.15) is 25.0 Å². The first-order valence-electron chi connectivity index (χ1n) is 9.71. The summed E-state index contributed by atoms with van der Waals surface area (Å²) in [4.78, 5) is 48.0. The number of amides is 2. The van der Waals surface area contributed by atoms with E-state index in [1.54, 1.807) is 38.1 Å². The van der Waals surface area contributed by atoms with Gasteiger partial charge in [-0.1, -0.05) is 74.5 Å². The standard InChI is InChI=1S/C23H26N2O5/c1-16(2)21(25-23(29)30-15-18-11-7-4-8-12-18)22(28)24-19(20(27)14-26)13-17-9-5-3-6-10-17/h3-12,14,16,19,21H,13,15H2,1-2H3,(H,24,28)(H,25,29)/t19-,21-/m0/s1. The summed E-state index contributed by atoms with van der Waals surface area (Å²) in [6.45, 7) is 3.59. The third kappa shape index (κ3) is 7.16. The average Bonchev–Trinajstić information content (AvgIpc) is 2.76. The fraction of sp³-hybridized carbons (Fsp3) is 0.304. The van der Waals surface area contributed by atoms with Crippen LogP contribution in [-0.4, -0.2) is 36.2 Å². The van der Waals surface area contributed by atoms with Gasteiger partial charge in [0.1, 0.15) is 12.6 Å². The molecule has 0 heterocycles. The molecule has 158 valence electrons. The molecule has 0 radical (unpaired) electrons. The quantitative estimate of drug-likeness (QED) is 0.463. The van der Waals surface area contributed by atoms with Crippen molar-refractivity contribution in [1.29, 1.82) is 0 Å². The molecule has 0 unspecified atom stereocenters. The first-order chi connectivity index (χ1) is 14.4. The number of ether oxygens (including phenoxy) is 1. The van der Waals surface area contributed by atoms with E-state index in [-0.39, 0.29) is 25.2 Å². The predicted molar refractivity (Wildman–Crippen MR) is 112 cm³/mol. The molecule has 2 aromatic carbocycles. The fourth-order valence-electron chi connectivity index (χ4n) is 2.84. The molecule has 2 rings (SSSR count). The van der Waals surface area contributed by atoms with Gasteiger partial charge < -0.3 is 15.4 Å². The van der Waals surface area contributed by atoms with Crippen LogP contribution in [0.25, 0.3) is 0 Å². The SMILES string of the molecule is CC(C)[C@H](NC(=O)OCc1ccccc1)C(=O)N[C@@H](Cc1ccccc1)C(=O)C=O. The highest BCUT2D eigenvalue weighted by Gasteiger charge is 2.29. The van der Waals surface area contributed by atoms with Gasteiger partial charge in [-0.15, -0.1) is 0 Å². The minimum absolute atomic E-state index is 0.0688. The maximum absolute atomic E-state index is 12.8. The lowest BCUT2D eigenvalue weighted by atomic mass is 10.00. The molecule has 0 aliphatic rings. The minimum Gasteiger partial charge on any atom is -0.445 e. The van der Waals surface area contributed by atoms with E-state index >= 15 is 0 Å². The first-order valence-corrected chi connectivity index (χ1v) is 9.71. The van der Waals surface area contributed by atoms with Crippen LogP contribution in [0.5, 0.6) is 0 Å². The fourth-order valence-corrected chi connectivity index (χ4v) is 2.84. The molecule has 0 aromatic heterocycles. The van der Waals surface area contributed by atoms with Crippen molar-refractivity contribution in [2.75, 3.05) is 0 Å². The van der Waals surface area contributed by atoms with Gasteiger partial charge in [0.25, 0.3) is 0 Å². The number of ketones is 1. The van der Waals surface area contributed by atoms with Crippen molar-refractivity contribution in [3.05, 3.63) is 71.8 Å². The summed E-state index contributed by atoms with van der Waals surface area (Å²) in [6.07, 6.45) is -0.373. The zero-order valence-electron chi connectivity index (χ0n) is 17.0. The lowest BCUT2D eigenvalue weighted by Crippen LogP contribution is -2.54. The summed E-state index contributed by atoms with van der Waals surface area (Å²) in [5, 5.41) is 5.13. The Morgan fingerprint density at radius 2 is 1.47 bits per heavy atom. The van der Waals surface area contributed by atoms with E-state index in [4.69, 9.17) is 4.74 Å². The van der Waals surface area contributed by atoms with Crippen LogP contribution < -0.4 is 10.6 Å². The van der Waals surface area contributed by atoms with Crippen LogP contribution in [0.15, 0.2) is 60.7 Å². The van der Waals surface area contributed by atoms with E-state index in [0.29, 0.717) is 0 Å². The molecule has 7 nitrogen and oxygen atoms in total. The second kappa shape index (κ2) is 11.5. The third-order valence-corrected chi connectivity index (χ3v) is 4.49. The van der Waals surface area contributed by atoms with Crippen LogP contribution in [0.2, 0.25) is 0 Å². The number of rotatable bonds is 10. The van der Waals surface area contributed by atoms with E-state index in [0.717, 1.165) is 11.1 Å². The molecule has 0 bridgehead atoms. The van der Waals surface area contributed by atoms with Gasteiger partial charge in [-0.25, -0.2) is 4.79 Å². The second-order valence-electron chi connectivity index (χ2n) is 7.20. The number of hydrogen-bond donors (Lipinski definition) is 2. The van der Waals surface area contributed by atoms with Gasteiger partial charge >= 0.3 is 6.09 Å². The van der Waals surface area contributed by atoms with Gasteiger partial charge in [0.15, 0.2) is 6.29 Å². The normalized spacial score (nSPS) is 12.5. The molecule has 0 saturated carbocycles. The molecule has 0 aliphatic heterocycles. The Hall–Kier alpha value is -3.48. The summed E-state index contributed by atoms with van der Waals surface area (Å²) in [7, 11) is 0. The number of nitrogens with one attached hydrogen (secondary N) is 2. The molecule has 2 N–H and O–H groups in total. The molecule has 0 spiro atoms. The molecule has 2 amide bonds. The number of benzene rings is 2. The van der Waals surface area contributed by atoms with Gasteiger partial charge in [0, 0.05) is 6.42 Å². The van der Waals surface area contributed by atoms with Gasteiger partial charge in [-0.3, -0.25) is 14.4 Å². The molecule has 0 saturated heterocycles. The predicted octanol–water partition coefficient (Wildman–Crippen LogP) is 2.43. The number of aldehydes is 1. The van der Waals surface area contributed by atoms with E-state index < -0.39 is 29.9 Å². The Balaban J connectivity index is 2.00. The van der Waals surface area contributed by atoms with Crippen LogP contribution in [-0.2, 0) is 32.1 Å². The maximum atomic E-state index is 12.8. The smallest absolute Gasteiger partial charge is 0.408 e. The molecular formula is C23H26N2O5. The van der Waals surface area contributed by atoms with E-state index in [1.807, 2.05) is 36.4 Å². The van der Waals surface area contributed by atoms with Gasteiger partial charge in [0.2, 0.25) is 11.7 Å². The lowest BCUT2D eigenvalue weighted by molar-refractivity contribution is -0.134. The first kappa shape index (κ1) is 22.8. The van der Waals surface area contributed by atoms with Gasteiger partial charge in [-0.2, -0.15) is 0 Å². The van der Waals surface area contributed by atoms with E-state index in [1.165, 1.54) is 0 Å². The maximum Gasteiger partial charge on any atom is 0.408 e. The highest BCUT2D eigenvalue weighted by atomic mass is 16.5. The van der Waals surface area contributed by atoms with Crippen LogP contribution in [0, 0.1) is 5.92 Å². The van der Waals surface area contributed by atoms with E-state index in [9.17, 15) is 19.2 Å². The van der Waals surface area contributed by atoms with Crippen LogP contribution >= 0.6 is 0 Å². The molecule has 30 heavy (non-hydrogen) atoms. The zero-order valence-corrected chi connectivity index (χ0v) is 17.0. The van der Waals surface area contributed by atoms with Gasteiger partial charge in [0.05, 0.1) is 6.04 Å². The van der Waals surface area contributed by atoms with Crippen molar-refractivity contribution in [2.45, 2.75) is 39.0 Å². The summed E-state index contributed by atoms with van der Waals surface area (Å²) < 4.78 is 5.17. The monoisotopic (exact) mass is 410 g/mol. The summed E-state index contributed by atoms with van der Waals surface area (Å²) in [5.41, 5.74) is 1.62. The molecular weight excluding hydrogens is 384 g/mol. The van der Waals surface area contributed by atoms with Crippen molar-refractivity contribution in [1.82, 2.24) is 10.6 Å². The number of carbonyl (C=O) groups is 4. The van der Waals surface area contributed by atoms with Crippen LogP contribution in [0.3, 0.4) is 0 Å². The largest absolute Gasteiger partial charge is 0.445 e.